The van der Waals surface area contributed by atoms with Crippen molar-refractivity contribution in [3.63, 3.8) is 0 Å². The Kier molecular flexibility index (Phi) is 7.55. The monoisotopic (exact) mass is 431 g/mol. The second-order valence-corrected chi connectivity index (χ2v) is 6.60. The molecule has 0 aliphatic carbocycles. The maximum Gasteiger partial charge on any atom is 0.416 e. The predicted molar refractivity (Wildman–Crippen MR) is 99.8 cm³/mol. The molecular formula is C19H18ClF4N3O2. The zero-order valence-electron chi connectivity index (χ0n) is 15.4. The van der Waals surface area contributed by atoms with Crippen LogP contribution in [-0.4, -0.2) is 23.3 Å². The summed E-state index contributed by atoms with van der Waals surface area (Å²) in [4.78, 5) is 29.3. The molecule has 0 unspecified atom stereocenters. The summed E-state index contributed by atoms with van der Waals surface area (Å²) in [5.74, 6) is -2.29. The molecule has 0 aliphatic heterocycles. The van der Waals surface area contributed by atoms with Crippen molar-refractivity contribution in [2.24, 2.45) is 0 Å². The molecule has 0 atom stereocenters. The maximum absolute atomic E-state index is 14.2. The number of hydrogen-bond donors (Lipinski definition) is 1. The number of aromatic nitrogens is 1. The topological polar surface area (TPSA) is 62.3 Å². The third-order valence-electron chi connectivity index (χ3n) is 3.88. The Labute approximate surface area is 169 Å². The highest BCUT2D eigenvalue weighted by molar-refractivity contribution is 6.30. The number of nitrogens with zero attached hydrogens (tertiary/aromatic N) is 2. The number of nitrogens with one attached hydrogen (secondary N) is 1. The van der Waals surface area contributed by atoms with Crippen LogP contribution in [0, 0.1) is 5.82 Å². The minimum absolute atomic E-state index is 0.0425. The van der Waals surface area contributed by atoms with E-state index in [1.165, 1.54) is 12.1 Å². The fourth-order valence-corrected chi connectivity index (χ4v) is 2.59. The van der Waals surface area contributed by atoms with Gasteiger partial charge in [0, 0.05) is 19.2 Å². The number of anilines is 1. The smallest absolute Gasteiger partial charge is 0.350 e. The van der Waals surface area contributed by atoms with Crippen LogP contribution < -0.4 is 10.2 Å². The van der Waals surface area contributed by atoms with E-state index in [4.69, 9.17) is 11.6 Å². The van der Waals surface area contributed by atoms with Gasteiger partial charge in [0.2, 0.25) is 11.8 Å². The van der Waals surface area contributed by atoms with Crippen LogP contribution in [0.4, 0.5) is 23.4 Å². The van der Waals surface area contributed by atoms with Gasteiger partial charge in [-0.1, -0.05) is 30.7 Å². The van der Waals surface area contributed by atoms with Crippen molar-refractivity contribution in [2.45, 2.75) is 32.5 Å². The van der Waals surface area contributed by atoms with E-state index in [0.29, 0.717) is 12.0 Å². The molecule has 29 heavy (non-hydrogen) atoms. The van der Waals surface area contributed by atoms with Gasteiger partial charge in [-0.05, 0) is 30.2 Å². The minimum atomic E-state index is -4.45. The Hall–Kier alpha value is -2.68. The molecule has 0 radical (unpaired) electrons. The first-order valence-electron chi connectivity index (χ1n) is 8.66. The van der Waals surface area contributed by atoms with Gasteiger partial charge in [0.25, 0.3) is 0 Å². The molecule has 1 heterocycles. The van der Waals surface area contributed by atoms with Gasteiger partial charge in [-0.25, -0.2) is 9.37 Å². The molecule has 1 aromatic heterocycles. The third-order valence-corrected chi connectivity index (χ3v) is 4.09. The maximum atomic E-state index is 14.2. The standard InChI is InChI=1S/C19H18ClF4N3O2/c1-2-3-17(29)27(18-15(21)8-14(20)10-26-18)11-16(28)25-9-12-4-6-13(7-5-12)19(22,23)24/h4-8,10H,2-3,9,11H2,1H3,(H,25,28). The summed E-state index contributed by atoms with van der Waals surface area (Å²) in [5, 5.41) is 2.54. The lowest BCUT2D eigenvalue weighted by Crippen LogP contribution is -2.41. The van der Waals surface area contributed by atoms with E-state index in [1.807, 2.05) is 0 Å². The molecule has 0 bridgehead atoms. The first kappa shape index (κ1) is 22.6. The molecule has 0 saturated carbocycles. The van der Waals surface area contributed by atoms with Crippen LogP contribution in [0.1, 0.15) is 30.9 Å². The molecule has 0 spiro atoms. The molecule has 1 aromatic carbocycles. The van der Waals surface area contributed by atoms with E-state index in [2.05, 4.69) is 10.3 Å². The Morgan fingerprint density at radius 1 is 1.21 bits per heavy atom. The van der Waals surface area contributed by atoms with Gasteiger partial charge in [-0.3, -0.25) is 14.5 Å². The number of benzene rings is 1. The van der Waals surface area contributed by atoms with Crippen molar-refractivity contribution in [1.82, 2.24) is 10.3 Å². The van der Waals surface area contributed by atoms with Crippen LogP contribution >= 0.6 is 11.6 Å². The summed E-state index contributed by atoms with van der Waals surface area (Å²) < 4.78 is 51.9. The summed E-state index contributed by atoms with van der Waals surface area (Å²) in [7, 11) is 0. The van der Waals surface area contributed by atoms with E-state index in [-0.39, 0.29) is 23.8 Å². The van der Waals surface area contributed by atoms with Gasteiger partial charge in [-0.15, -0.1) is 0 Å². The van der Waals surface area contributed by atoms with Gasteiger partial charge in [0.05, 0.1) is 10.6 Å². The first-order chi connectivity index (χ1) is 13.6. The van der Waals surface area contributed by atoms with Crippen molar-refractivity contribution in [3.05, 3.63) is 58.5 Å². The van der Waals surface area contributed by atoms with E-state index in [9.17, 15) is 27.2 Å². The zero-order chi connectivity index (χ0) is 21.6. The minimum Gasteiger partial charge on any atom is -0.350 e. The molecule has 0 aliphatic rings. The van der Waals surface area contributed by atoms with Crippen molar-refractivity contribution in [2.75, 3.05) is 11.4 Å². The van der Waals surface area contributed by atoms with Crippen molar-refractivity contribution < 1.29 is 27.2 Å². The second-order valence-electron chi connectivity index (χ2n) is 6.16. The molecule has 0 fully saturated rings. The van der Waals surface area contributed by atoms with Crippen LogP contribution in [0.25, 0.3) is 0 Å². The Morgan fingerprint density at radius 3 is 2.41 bits per heavy atom. The predicted octanol–water partition coefficient (Wildman–Crippen LogP) is 4.34. The van der Waals surface area contributed by atoms with Gasteiger partial charge in [-0.2, -0.15) is 13.2 Å². The highest BCUT2D eigenvalue weighted by Crippen LogP contribution is 2.29. The van der Waals surface area contributed by atoms with Crippen molar-refractivity contribution >= 4 is 29.2 Å². The van der Waals surface area contributed by atoms with Crippen LogP contribution in [0.5, 0.6) is 0 Å². The molecule has 2 amide bonds. The number of rotatable bonds is 7. The van der Waals surface area contributed by atoms with Crippen molar-refractivity contribution in [3.8, 4) is 0 Å². The van der Waals surface area contributed by atoms with E-state index in [1.54, 1.807) is 6.92 Å². The van der Waals surface area contributed by atoms with Gasteiger partial charge < -0.3 is 5.32 Å². The molecule has 1 N–H and O–H groups in total. The van der Waals surface area contributed by atoms with Crippen molar-refractivity contribution in [1.29, 1.82) is 0 Å². The van der Waals surface area contributed by atoms with Crippen LogP contribution in [0.3, 0.4) is 0 Å². The van der Waals surface area contributed by atoms with E-state index < -0.39 is 35.9 Å². The van der Waals surface area contributed by atoms with Gasteiger partial charge in [0.1, 0.15) is 6.54 Å². The molecule has 2 rings (SSSR count). The average molecular weight is 432 g/mol. The summed E-state index contributed by atoms with van der Waals surface area (Å²) in [6.07, 6.45) is -2.72. The van der Waals surface area contributed by atoms with E-state index >= 15 is 0 Å². The lowest BCUT2D eigenvalue weighted by atomic mass is 10.1. The first-order valence-corrected chi connectivity index (χ1v) is 9.04. The Balaban J connectivity index is 2.06. The normalized spacial score (nSPS) is 11.2. The van der Waals surface area contributed by atoms with Gasteiger partial charge >= 0.3 is 6.18 Å². The summed E-state index contributed by atoms with van der Waals surface area (Å²) in [6, 6.07) is 5.28. The lowest BCUT2D eigenvalue weighted by molar-refractivity contribution is -0.137. The fourth-order valence-electron chi connectivity index (χ4n) is 2.45. The van der Waals surface area contributed by atoms with E-state index in [0.717, 1.165) is 29.3 Å². The second kappa shape index (κ2) is 9.69. The number of halogens is 5. The lowest BCUT2D eigenvalue weighted by Gasteiger charge is -2.21. The fraction of sp³-hybridized carbons (Fsp3) is 0.316. The summed E-state index contributed by atoms with van der Waals surface area (Å²) in [6.45, 7) is 1.21. The number of carbonyl (C=O) groups is 2. The Bertz CT molecular complexity index is 873. The average Bonchev–Trinajstić information content (AvgIpc) is 2.65. The quantitative estimate of drug-likeness (QED) is 0.663. The molecule has 10 heteroatoms. The molecule has 156 valence electrons. The molecular weight excluding hydrogens is 414 g/mol. The molecule has 0 saturated heterocycles. The SMILES string of the molecule is CCCC(=O)N(CC(=O)NCc1ccc(C(F)(F)F)cc1)c1ncc(Cl)cc1F. The molecule has 2 aromatic rings. The van der Waals surface area contributed by atoms with Crippen LogP contribution in [0.2, 0.25) is 5.02 Å². The Morgan fingerprint density at radius 2 is 1.86 bits per heavy atom. The van der Waals surface area contributed by atoms with Crippen LogP contribution in [0.15, 0.2) is 36.5 Å². The zero-order valence-corrected chi connectivity index (χ0v) is 16.1. The number of amides is 2. The number of carbonyl (C=O) groups excluding carboxylic acids is 2. The van der Waals surface area contributed by atoms with Gasteiger partial charge in [0.15, 0.2) is 11.6 Å². The molecule has 5 nitrogen and oxygen atoms in total. The summed E-state index contributed by atoms with van der Waals surface area (Å²) >= 11 is 5.67. The number of hydrogen-bond acceptors (Lipinski definition) is 3. The largest absolute Gasteiger partial charge is 0.416 e. The number of alkyl halides is 3. The van der Waals surface area contributed by atoms with Crippen LogP contribution in [-0.2, 0) is 22.3 Å². The summed E-state index contributed by atoms with van der Waals surface area (Å²) in [5.41, 5.74) is -0.359. The third kappa shape index (κ3) is 6.42. The highest BCUT2D eigenvalue weighted by Gasteiger charge is 2.30. The highest BCUT2D eigenvalue weighted by atomic mass is 35.5. The number of pyridine rings is 1.